The van der Waals surface area contributed by atoms with Gasteiger partial charge < -0.3 is 10.4 Å². The van der Waals surface area contributed by atoms with Crippen LogP contribution >= 0.6 is 11.3 Å². The number of β-lactam (4-membered cyclic amide) rings is 1. The third-order valence-corrected chi connectivity index (χ3v) is 8.61. The maximum absolute atomic E-state index is 12.8. The Bertz CT molecular complexity index is 1140. The lowest BCUT2D eigenvalue weighted by Gasteiger charge is -2.49. The van der Waals surface area contributed by atoms with Gasteiger partial charge in [-0.2, -0.15) is 0 Å². The average molecular weight is 487 g/mol. The SMILES string of the molecule is Cc1nnc(S(=O)CC2=C(C(=O)O)N3C(=O)C(NC(=O)Cn4cnnn4)C3S(=O)C2)s1. The number of carbonyl (C=O) groups is 3. The second-order valence-electron chi connectivity index (χ2n) is 6.51. The van der Waals surface area contributed by atoms with Crippen molar-refractivity contribution in [3.05, 3.63) is 22.6 Å². The van der Waals surface area contributed by atoms with E-state index in [4.69, 9.17) is 0 Å². The smallest absolute Gasteiger partial charge is 0.352 e. The second-order valence-corrected chi connectivity index (χ2v) is 10.9. The molecule has 2 aromatic heterocycles. The molecule has 4 rings (SSSR count). The van der Waals surface area contributed by atoms with Crippen LogP contribution in [0.25, 0.3) is 0 Å². The highest BCUT2D eigenvalue weighted by Crippen LogP contribution is 2.35. The van der Waals surface area contributed by atoms with E-state index in [-0.39, 0.29) is 33.7 Å². The van der Waals surface area contributed by atoms with Crippen molar-refractivity contribution in [3.8, 4) is 0 Å². The minimum atomic E-state index is -1.71. The van der Waals surface area contributed by atoms with Crippen molar-refractivity contribution < 1.29 is 27.9 Å². The summed E-state index contributed by atoms with van der Waals surface area (Å²) in [6.45, 7) is 1.43. The molecule has 164 valence electrons. The highest BCUT2D eigenvalue weighted by molar-refractivity contribution is 7.88. The zero-order chi connectivity index (χ0) is 22.3. The molecule has 0 saturated carbocycles. The number of nitrogens with zero attached hydrogens (tertiary/aromatic N) is 7. The Kier molecular flexibility index (Phi) is 5.71. The molecule has 2 N–H and O–H groups in total. The van der Waals surface area contributed by atoms with E-state index in [0.717, 1.165) is 20.9 Å². The van der Waals surface area contributed by atoms with E-state index in [0.29, 0.717) is 5.01 Å². The van der Waals surface area contributed by atoms with Crippen LogP contribution in [0, 0.1) is 6.92 Å². The molecule has 17 heteroatoms. The molecule has 2 aliphatic rings. The molecule has 1 fully saturated rings. The van der Waals surface area contributed by atoms with E-state index in [9.17, 15) is 27.9 Å². The van der Waals surface area contributed by atoms with Gasteiger partial charge in [0, 0.05) is 0 Å². The van der Waals surface area contributed by atoms with E-state index >= 15 is 0 Å². The Hall–Kier alpha value is -2.92. The second kappa shape index (κ2) is 8.31. The Morgan fingerprint density at radius 2 is 2.19 bits per heavy atom. The summed E-state index contributed by atoms with van der Waals surface area (Å²) in [5, 5.41) is 29.6. The van der Waals surface area contributed by atoms with Gasteiger partial charge >= 0.3 is 5.97 Å². The third kappa shape index (κ3) is 4.02. The monoisotopic (exact) mass is 486 g/mol. The maximum atomic E-state index is 12.8. The maximum Gasteiger partial charge on any atom is 0.352 e. The number of rotatable bonds is 7. The number of tetrazole rings is 1. The highest BCUT2D eigenvalue weighted by Gasteiger charge is 2.57. The van der Waals surface area contributed by atoms with Gasteiger partial charge in [-0.1, -0.05) is 11.3 Å². The van der Waals surface area contributed by atoms with Crippen molar-refractivity contribution in [3.63, 3.8) is 0 Å². The lowest BCUT2D eigenvalue weighted by atomic mass is 10.0. The molecule has 31 heavy (non-hydrogen) atoms. The Balaban J connectivity index is 1.53. The fraction of sp³-hybridized carbons (Fsp3) is 0.429. The predicted octanol–water partition coefficient (Wildman–Crippen LogP) is -2.61. The Morgan fingerprint density at radius 3 is 2.81 bits per heavy atom. The summed E-state index contributed by atoms with van der Waals surface area (Å²) < 4.78 is 26.7. The molecule has 0 radical (unpaired) electrons. The van der Waals surface area contributed by atoms with Crippen LogP contribution < -0.4 is 5.32 Å². The number of carboxylic acid groups (broad SMARTS) is 1. The summed E-state index contributed by atoms with van der Waals surface area (Å²) in [7, 11) is -3.42. The fourth-order valence-electron chi connectivity index (χ4n) is 3.17. The number of fused-ring (bicyclic) bond motifs is 1. The van der Waals surface area contributed by atoms with Crippen LogP contribution in [0.1, 0.15) is 5.01 Å². The van der Waals surface area contributed by atoms with E-state index in [1.807, 2.05) is 0 Å². The zero-order valence-electron chi connectivity index (χ0n) is 15.7. The lowest BCUT2D eigenvalue weighted by Crippen LogP contribution is -2.73. The molecule has 4 atom stereocenters. The van der Waals surface area contributed by atoms with Crippen LogP contribution in [0.3, 0.4) is 0 Å². The summed E-state index contributed by atoms with van der Waals surface area (Å²) >= 11 is 1.11. The number of nitrogens with one attached hydrogen (secondary N) is 1. The largest absolute Gasteiger partial charge is 0.477 e. The van der Waals surface area contributed by atoms with Gasteiger partial charge in [0.15, 0.2) is 0 Å². The van der Waals surface area contributed by atoms with E-state index in [1.54, 1.807) is 6.92 Å². The molecule has 0 aliphatic carbocycles. The first-order valence-electron chi connectivity index (χ1n) is 8.60. The van der Waals surface area contributed by atoms with Crippen LogP contribution in [0.2, 0.25) is 0 Å². The van der Waals surface area contributed by atoms with Crippen molar-refractivity contribution in [2.75, 3.05) is 11.5 Å². The zero-order valence-corrected chi connectivity index (χ0v) is 18.1. The van der Waals surface area contributed by atoms with Crippen molar-refractivity contribution in [1.29, 1.82) is 0 Å². The molecule has 14 nitrogen and oxygen atoms in total. The third-order valence-electron chi connectivity index (χ3n) is 4.43. The highest BCUT2D eigenvalue weighted by atomic mass is 32.2. The summed E-state index contributed by atoms with van der Waals surface area (Å²) in [5.74, 6) is -3.15. The molecule has 2 amide bonds. The summed E-state index contributed by atoms with van der Waals surface area (Å²) in [6.07, 6.45) is 1.21. The van der Waals surface area contributed by atoms with Gasteiger partial charge in [-0.25, -0.2) is 9.48 Å². The molecule has 1 saturated heterocycles. The van der Waals surface area contributed by atoms with Crippen LogP contribution in [0.5, 0.6) is 0 Å². The summed E-state index contributed by atoms with van der Waals surface area (Å²) in [5.41, 5.74) is -0.254. The number of carboxylic acids is 1. The number of hydrogen-bond acceptors (Lipinski definition) is 11. The van der Waals surface area contributed by atoms with E-state index in [2.05, 4.69) is 31.0 Å². The predicted molar refractivity (Wildman–Crippen MR) is 104 cm³/mol. The molecule has 0 aromatic carbocycles. The van der Waals surface area contributed by atoms with E-state index in [1.165, 1.54) is 6.33 Å². The van der Waals surface area contributed by atoms with Crippen molar-refractivity contribution in [1.82, 2.24) is 40.6 Å². The lowest BCUT2D eigenvalue weighted by molar-refractivity contribution is -0.151. The van der Waals surface area contributed by atoms with Crippen molar-refractivity contribution in [2.45, 2.75) is 29.2 Å². The molecule has 2 aromatic rings. The number of amides is 2. The number of aromatic nitrogens is 6. The minimum Gasteiger partial charge on any atom is -0.477 e. The molecule has 0 bridgehead atoms. The van der Waals surface area contributed by atoms with Crippen LogP contribution in [-0.2, 0) is 42.5 Å². The van der Waals surface area contributed by atoms with Gasteiger partial charge in [0.1, 0.15) is 35.0 Å². The topological polar surface area (TPSA) is 190 Å². The van der Waals surface area contributed by atoms with Crippen molar-refractivity contribution >= 4 is 50.7 Å². The molecular formula is C14H14N8O6S3. The van der Waals surface area contributed by atoms with E-state index < -0.39 is 50.8 Å². The standard InChI is InChI=1S/C14H14N8O6S3/c1-6-17-18-14(29-6)31(28)4-7-3-30(27)12-9(11(24)22(12)10(7)13(25)26)16-8(23)2-21-5-15-19-20-21/h5,9,12H,2-4H2,1H3,(H,16,23)(H,25,26). The number of hydrogen-bond donors (Lipinski definition) is 2. The number of carbonyl (C=O) groups excluding carboxylic acids is 2. The number of aliphatic carboxylic acids is 1. The van der Waals surface area contributed by atoms with Gasteiger partial charge in [0.05, 0.1) is 33.1 Å². The van der Waals surface area contributed by atoms with Gasteiger partial charge in [-0.05, 0) is 22.9 Å². The molecule has 2 aliphatic heterocycles. The first kappa shape index (κ1) is 21.3. The van der Waals surface area contributed by atoms with Gasteiger partial charge in [-0.3, -0.25) is 22.9 Å². The Labute approximate surface area is 182 Å². The molecular weight excluding hydrogens is 472 g/mol. The van der Waals surface area contributed by atoms with Gasteiger partial charge in [0.2, 0.25) is 10.2 Å². The fourth-order valence-corrected chi connectivity index (χ4v) is 7.13. The normalized spacial score (nSPS) is 23.8. The van der Waals surface area contributed by atoms with Crippen LogP contribution in [-0.4, -0.2) is 89.5 Å². The van der Waals surface area contributed by atoms with Crippen LogP contribution in [0.4, 0.5) is 0 Å². The van der Waals surface area contributed by atoms with Crippen molar-refractivity contribution in [2.24, 2.45) is 0 Å². The number of aryl methyl sites for hydroxylation is 1. The quantitative estimate of drug-likeness (QED) is 0.390. The molecule has 0 spiro atoms. The first-order chi connectivity index (χ1) is 14.8. The molecule has 4 heterocycles. The average Bonchev–Trinajstić information content (AvgIpc) is 3.37. The summed E-state index contributed by atoms with van der Waals surface area (Å²) in [4.78, 5) is 37.6. The summed E-state index contributed by atoms with van der Waals surface area (Å²) in [6, 6.07) is -1.14. The van der Waals surface area contributed by atoms with Gasteiger partial charge in [-0.15, -0.1) is 15.3 Å². The Morgan fingerprint density at radius 1 is 1.42 bits per heavy atom. The first-order valence-corrected chi connectivity index (χ1v) is 12.1. The van der Waals surface area contributed by atoms with Crippen LogP contribution in [0.15, 0.2) is 21.9 Å². The molecule has 4 unspecified atom stereocenters. The minimum absolute atomic E-state index is 0.111. The van der Waals surface area contributed by atoms with Gasteiger partial charge in [0.25, 0.3) is 5.91 Å².